The third-order valence-electron chi connectivity index (χ3n) is 5.53. The Hall–Kier alpha value is -3.68. The Morgan fingerprint density at radius 3 is 2.00 bits per heavy atom. The molecule has 2 aliphatic rings. The molecule has 0 aliphatic carbocycles. The first-order valence-corrected chi connectivity index (χ1v) is 9.49. The van der Waals surface area contributed by atoms with E-state index in [1.54, 1.807) is 41.6 Å². The number of anilines is 1. The van der Waals surface area contributed by atoms with Crippen LogP contribution in [0.4, 0.5) is 5.69 Å². The van der Waals surface area contributed by atoms with Crippen LogP contribution >= 0.6 is 0 Å². The number of carbonyl (C=O) groups is 3. The molecule has 0 spiro atoms. The summed E-state index contributed by atoms with van der Waals surface area (Å²) >= 11 is 0. The second kappa shape index (κ2) is 7.98. The number of nitrogens with zero attached hydrogens (tertiary/aromatic N) is 3. The number of hydrazone groups is 1. The van der Waals surface area contributed by atoms with Gasteiger partial charge in [0.2, 0.25) is 0 Å². The predicted octanol–water partition coefficient (Wildman–Crippen LogP) is 1.92. The molecule has 1 saturated heterocycles. The molecule has 0 saturated carbocycles. The molecule has 2 aromatic rings. The topological polar surface area (TPSA) is 88.5 Å². The summed E-state index contributed by atoms with van der Waals surface area (Å²) in [6, 6.07) is 17.0. The van der Waals surface area contributed by atoms with Crippen molar-refractivity contribution in [3.05, 3.63) is 66.2 Å². The molecule has 0 radical (unpaired) electrons. The fourth-order valence-corrected chi connectivity index (χ4v) is 4.19. The van der Waals surface area contributed by atoms with Gasteiger partial charge >= 0.3 is 11.9 Å². The number of rotatable bonds is 5. The van der Waals surface area contributed by atoms with Crippen LogP contribution in [0.15, 0.2) is 65.8 Å². The zero-order valence-electron chi connectivity index (χ0n) is 16.5. The molecule has 0 bridgehead atoms. The van der Waals surface area contributed by atoms with Crippen LogP contribution < -0.4 is 4.90 Å². The van der Waals surface area contributed by atoms with Crippen LogP contribution in [0.1, 0.15) is 10.4 Å². The molecule has 8 heteroatoms. The summed E-state index contributed by atoms with van der Waals surface area (Å²) in [4.78, 5) is 40.8. The quantitative estimate of drug-likeness (QED) is 0.553. The molecular weight excluding hydrogens is 386 g/mol. The van der Waals surface area contributed by atoms with Gasteiger partial charge in [-0.15, -0.1) is 0 Å². The predicted molar refractivity (Wildman–Crippen MR) is 109 cm³/mol. The number of hydrogen-bond donors (Lipinski definition) is 0. The molecule has 2 aliphatic heterocycles. The van der Waals surface area contributed by atoms with E-state index in [1.165, 1.54) is 19.2 Å². The first-order chi connectivity index (χ1) is 14.6. The molecule has 154 valence electrons. The van der Waals surface area contributed by atoms with Gasteiger partial charge in [-0.25, -0.2) is 0 Å². The van der Waals surface area contributed by atoms with Gasteiger partial charge in [0.25, 0.3) is 0 Å². The highest BCUT2D eigenvalue weighted by atomic mass is 16.5. The Balaban J connectivity index is 1.82. The van der Waals surface area contributed by atoms with E-state index in [0.29, 0.717) is 5.56 Å². The molecular formula is C22H21N3O5. The third-order valence-corrected chi connectivity index (χ3v) is 5.53. The zero-order chi connectivity index (χ0) is 21.3. The molecule has 2 aromatic carbocycles. The molecule has 0 aromatic heterocycles. The lowest BCUT2D eigenvalue weighted by atomic mass is 9.85. The van der Waals surface area contributed by atoms with Crippen molar-refractivity contribution in [3.8, 4) is 0 Å². The second-order valence-corrected chi connectivity index (χ2v) is 7.04. The van der Waals surface area contributed by atoms with Crippen LogP contribution in [0.2, 0.25) is 0 Å². The Morgan fingerprint density at radius 2 is 1.40 bits per heavy atom. The van der Waals surface area contributed by atoms with E-state index >= 15 is 0 Å². The van der Waals surface area contributed by atoms with Gasteiger partial charge in [0.1, 0.15) is 30.4 Å². The minimum absolute atomic E-state index is 0.311. The average molecular weight is 407 g/mol. The summed E-state index contributed by atoms with van der Waals surface area (Å²) in [5.74, 6) is -3.60. The number of benzene rings is 2. The number of ether oxygens (including phenoxy) is 2. The van der Waals surface area contributed by atoms with Gasteiger partial charge in [-0.05, 0) is 12.1 Å². The van der Waals surface area contributed by atoms with E-state index in [-0.39, 0.29) is 5.78 Å². The van der Waals surface area contributed by atoms with E-state index in [2.05, 4.69) is 5.10 Å². The molecule has 2 heterocycles. The molecule has 4 rings (SSSR count). The molecule has 0 unspecified atom stereocenters. The van der Waals surface area contributed by atoms with Gasteiger partial charge in [0.05, 0.1) is 14.2 Å². The fourth-order valence-electron chi connectivity index (χ4n) is 4.19. The van der Waals surface area contributed by atoms with Crippen LogP contribution in [0, 0.1) is 11.8 Å². The number of esters is 2. The first kappa shape index (κ1) is 19.6. The van der Waals surface area contributed by atoms with Crippen molar-refractivity contribution < 1.29 is 23.9 Å². The van der Waals surface area contributed by atoms with E-state index in [1.807, 2.05) is 30.3 Å². The number of hydrogen-bond acceptors (Lipinski definition) is 8. The summed E-state index contributed by atoms with van der Waals surface area (Å²) in [7, 11) is 2.50. The highest BCUT2D eigenvalue weighted by Gasteiger charge is 2.62. The van der Waals surface area contributed by atoms with Crippen LogP contribution in [0.5, 0.6) is 0 Å². The monoisotopic (exact) mass is 407 g/mol. The van der Waals surface area contributed by atoms with E-state index in [9.17, 15) is 14.4 Å². The van der Waals surface area contributed by atoms with Crippen LogP contribution in [0.3, 0.4) is 0 Å². The zero-order valence-corrected chi connectivity index (χ0v) is 16.5. The highest BCUT2D eigenvalue weighted by Crippen LogP contribution is 2.43. The van der Waals surface area contributed by atoms with Gasteiger partial charge in [-0.3, -0.25) is 19.4 Å². The van der Waals surface area contributed by atoms with Crippen molar-refractivity contribution in [2.24, 2.45) is 16.9 Å². The second-order valence-electron chi connectivity index (χ2n) is 7.04. The molecule has 30 heavy (non-hydrogen) atoms. The summed E-state index contributed by atoms with van der Waals surface area (Å²) in [5, 5.41) is 5.93. The molecule has 1 fully saturated rings. The lowest BCUT2D eigenvalue weighted by Crippen LogP contribution is -2.45. The van der Waals surface area contributed by atoms with Crippen molar-refractivity contribution in [1.82, 2.24) is 5.01 Å². The normalized spacial score (nSPS) is 24.5. The van der Waals surface area contributed by atoms with E-state index in [0.717, 1.165) is 5.69 Å². The highest BCUT2D eigenvalue weighted by molar-refractivity contribution is 6.04. The Kier molecular flexibility index (Phi) is 5.22. The van der Waals surface area contributed by atoms with Crippen molar-refractivity contribution in [2.45, 2.75) is 12.2 Å². The smallest absolute Gasteiger partial charge is 0.313 e. The third kappa shape index (κ3) is 3.10. The Labute approximate surface area is 173 Å². The van der Waals surface area contributed by atoms with Crippen LogP contribution in [-0.4, -0.2) is 55.5 Å². The van der Waals surface area contributed by atoms with Crippen LogP contribution in [0.25, 0.3) is 0 Å². The Bertz CT molecular complexity index is 979. The first-order valence-electron chi connectivity index (χ1n) is 9.49. The van der Waals surface area contributed by atoms with Gasteiger partial charge in [0.15, 0.2) is 5.78 Å². The van der Waals surface area contributed by atoms with Crippen molar-refractivity contribution in [1.29, 1.82) is 0 Å². The van der Waals surface area contributed by atoms with Gasteiger partial charge in [0, 0.05) is 11.3 Å². The Morgan fingerprint density at radius 1 is 0.833 bits per heavy atom. The van der Waals surface area contributed by atoms with Gasteiger partial charge < -0.3 is 14.4 Å². The maximum Gasteiger partial charge on any atom is 0.313 e. The number of para-hydroxylation sites is 1. The number of carbonyl (C=O) groups excluding carboxylic acids is 3. The summed E-state index contributed by atoms with van der Waals surface area (Å²) in [6.07, 6.45) is 0.871. The summed E-state index contributed by atoms with van der Waals surface area (Å²) < 4.78 is 10.0. The standard InChI is InChI=1S/C22H21N3O5/c1-29-21(27)16-17(22(28)30-2)20-24(15-11-7-4-8-12-15)13-23-25(20)18(16)19(26)14-9-5-3-6-10-14/h3-13,16-18,20H,1-2H3/t16-,17+,18+,20-/m1/s1. The lowest BCUT2D eigenvalue weighted by Gasteiger charge is -2.29. The molecule has 4 atom stereocenters. The summed E-state index contributed by atoms with van der Waals surface area (Å²) in [5.41, 5.74) is 1.20. The average Bonchev–Trinajstić information content (AvgIpc) is 3.36. The van der Waals surface area contributed by atoms with Crippen molar-refractivity contribution in [3.63, 3.8) is 0 Å². The SMILES string of the molecule is COC(=O)[C@@H]1[C@H](C(=O)OC)[C@@H]2N(c3ccccc3)C=NN2[C@@H]1C(=O)c1ccccc1. The lowest BCUT2D eigenvalue weighted by molar-refractivity contribution is -0.156. The van der Waals surface area contributed by atoms with E-state index < -0.39 is 36.0 Å². The van der Waals surface area contributed by atoms with Crippen molar-refractivity contribution >= 4 is 29.7 Å². The van der Waals surface area contributed by atoms with Crippen molar-refractivity contribution in [2.75, 3.05) is 19.1 Å². The minimum atomic E-state index is -1.07. The molecule has 0 N–H and O–H groups in total. The minimum Gasteiger partial charge on any atom is -0.469 e. The largest absolute Gasteiger partial charge is 0.469 e. The van der Waals surface area contributed by atoms with Gasteiger partial charge in [-0.2, -0.15) is 5.10 Å². The molecule has 0 amide bonds. The van der Waals surface area contributed by atoms with Gasteiger partial charge in [-0.1, -0.05) is 48.5 Å². The fraction of sp³-hybridized carbons (Fsp3) is 0.273. The number of Topliss-reactive ketones (excluding diaryl/α,β-unsaturated/α-hetero) is 1. The number of ketones is 1. The van der Waals surface area contributed by atoms with E-state index in [4.69, 9.17) is 9.47 Å². The maximum atomic E-state index is 13.4. The maximum absolute atomic E-state index is 13.4. The number of methoxy groups -OCH3 is 2. The number of fused-ring (bicyclic) bond motifs is 1. The summed E-state index contributed by atoms with van der Waals surface area (Å²) in [6.45, 7) is 0. The van der Waals surface area contributed by atoms with Crippen LogP contribution in [-0.2, 0) is 19.1 Å². The molecule has 8 nitrogen and oxygen atoms in total.